The number of hydrogen-bond donors (Lipinski definition) is 2. The highest BCUT2D eigenvalue weighted by Gasteiger charge is 2.06. The van der Waals surface area contributed by atoms with Crippen molar-refractivity contribution in [2.45, 2.75) is 19.3 Å². The summed E-state index contributed by atoms with van der Waals surface area (Å²) in [6.45, 7) is 0.621. The molecule has 0 aromatic heterocycles. The number of nitrogens with one attached hydrogen (secondary N) is 2. The number of aryl methyl sites for hydroxylation is 1. The first-order chi connectivity index (χ1) is 12.0. The van der Waals surface area contributed by atoms with Crippen LogP contribution in [-0.2, 0) is 17.6 Å². The van der Waals surface area contributed by atoms with Crippen molar-refractivity contribution < 1.29 is 9.59 Å². The Bertz CT molecular complexity index is 682. The molecular formula is C20H25N3O2. The van der Waals surface area contributed by atoms with Crippen LogP contribution in [0.5, 0.6) is 0 Å². The third-order valence-corrected chi connectivity index (χ3v) is 3.84. The Morgan fingerprint density at radius 3 is 2.24 bits per heavy atom. The molecule has 0 aliphatic carbocycles. The number of rotatable bonds is 7. The third kappa shape index (κ3) is 6.67. The molecule has 3 amide bonds. The van der Waals surface area contributed by atoms with E-state index in [-0.39, 0.29) is 11.9 Å². The van der Waals surface area contributed by atoms with Crippen LogP contribution in [0, 0.1) is 0 Å². The molecule has 2 aromatic carbocycles. The standard InChI is InChI=1S/C20H25N3O2/c1-23(2)19(24)15-17-10-12-18(13-11-17)22-20(25)21-14-6-9-16-7-4-3-5-8-16/h3-5,7-8,10-13H,6,9,14-15H2,1-2H3,(H2,21,22,25). The van der Waals surface area contributed by atoms with Gasteiger partial charge in [-0.2, -0.15) is 0 Å². The number of urea groups is 1. The topological polar surface area (TPSA) is 61.4 Å². The van der Waals surface area contributed by atoms with Gasteiger partial charge in [0.2, 0.25) is 5.91 Å². The highest BCUT2D eigenvalue weighted by molar-refractivity contribution is 5.89. The van der Waals surface area contributed by atoms with Crippen molar-refractivity contribution in [1.82, 2.24) is 10.2 Å². The second-order valence-electron chi connectivity index (χ2n) is 6.13. The second kappa shape index (κ2) is 9.47. The first-order valence-electron chi connectivity index (χ1n) is 8.42. The summed E-state index contributed by atoms with van der Waals surface area (Å²) < 4.78 is 0. The number of nitrogens with zero attached hydrogens (tertiary/aromatic N) is 1. The van der Waals surface area contributed by atoms with Gasteiger partial charge in [0.05, 0.1) is 6.42 Å². The Morgan fingerprint density at radius 1 is 0.920 bits per heavy atom. The number of amides is 3. The van der Waals surface area contributed by atoms with Gasteiger partial charge in [-0.25, -0.2) is 4.79 Å². The van der Waals surface area contributed by atoms with Gasteiger partial charge in [0.15, 0.2) is 0 Å². The molecule has 0 aliphatic rings. The maximum absolute atomic E-state index is 11.9. The van der Waals surface area contributed by atoms with Gasteiger partial charge in [-0.3, -0.25) is 4.79 Å². The van der Waals surface area contributed by atoms with Gasteiger partial charge in [0, 0.05) is 26.3 Å². The molecule has 0 saturated carbocycles. The van der Waals surface area contributed by atoms with Crippen LogP contribution in [0.15, 0.2) is 54.6 Å². The minimum atomic E-state index is -0.217. The summed E-state index contributed by atoms with van der Waals surface area (Å²) in [5.41, 5.74) is 2.90. The van der Waals surface area contributed by atoms with Crippen molar-refractivity contribution in [2.24, 2.45) is 0 Å². The minimum absolute atomic E-state index is 0.0527. The van der Waals surface area contributed by atoms with Gasteiger partial charge in [-0.05, 0) is 36.1 Å². The van der Waals surface area contributed by atoms with Gasteiger partial charge in [0.1, 0.15) is 0 Å². The minimum Gasteiger partial charge on any atom is -0.349 e. The fourth-order valence-electron chi connectivity index (χ4n) is 2.35. The predicted molar refractivity (Wildman–Crippen MR) is 101 cm³/mol. The van der Waals surface area contributed by atoms with Crippen molar-refractivity contribution in [3.8, 4) is 0 Å². The largest absolute Gasteiger partial charge is 0.349 e. The predicted octanol–water partition coefficient (Wildman–Crippen LogP) is 3.07. The summed E-state index contributed by atoms with van der Waals surface area (Å²) in [7, 11) is 3.47. The Kier molecular flexibility index (Phi) is 7.01. The van der Waals surface area contributed by atoms with Crippen molar-refractivity contribution in [2.75, 3.05) is 26.0 Å². The SMILES string of the molecule is CN(C)C(=O)Cc1ccc(NC(=O)NCCCc2ccccc2)cc1. The fourth-order valence-corrected chi connectivity index (χ4v) is 2.35. The molecule has 2 N–H and O–H groups in total. The van der Waals surface area contributed by atoms with E-state index in [0.29, 0.717) is 18.7 Å². The average Bonchev–Trinajstić information content (AvgIpc) is 2.61. The van der Waals surface area contributed by atoms with E-state index in [9.17, 15) is 9.59 Å². The lowest BCUT2D eigenvalue weighted by atomic mass is 10.1. The van der Waals surface area contributed by atoms with Gasteiger partial charge in [-0.1, -0.05) is 42.5 Å². The van der Waals surface area contributed by atoms with E-state index < -0.39 is 0 Å². The molecule has 0 radical (unpaired) electrons. The summed E-state index contributed by atoms with van der Waals surface area (Å²) in [6.07, 6.45) is 2.19. The van der Waals surface area contributed by atoms with Crippen LogP contribution in [0.1, 0.15) is 17.5 Å². The van der Waals surface area contributed by atoms with Gasteiger partial charge in [-0.15, -0.1) is 0 Å². The molecule has 0 heterocycles. The zero-order valence-corrected chi connectivity index (χ0v) is 14.8. The van der Waals surface area contributed by atoms with Crippen molar-refractivity contribution >= 4 is 17.6 Å². The van der Waals surface area contributed by atoms with Gasteiger partial charge in [0.25, 0.3) is 0 Å². The molecule has 132 valence electrons. The van der Waals surface area contributed by atoms with Gasteiger partial charge >= 0.3 is 6.03 Å². The van der Waals surface area contributed by atoms with E-state index >= 15 is 0 Å². The lowest BCUT2D eigenvalue weighted by Crippen LogP contribution is -2.29. The molecule has 2 rings (SSSR count). The van der Waals surface area contributed by atoms with Crippen molar-refractivity contribution in [3.63, 3.8) is 0 Å². The lowest BCUT2D eigenvalue weighted by molar-refractivity contribution is -0.127. The Morgan fingerprint density at radius 2 is 1.60 bits per heavy atom. The van der Waals surface area contributed by atoms with E-state index in [1.165, 1.54) is 5.56 Å². The van der Waals surface area contributed by atoms with E-state index in [1.807, 2.05) is 42.5 Å². The first-order valence-corrected chi connectivity index (χ1v) is 8.42. The molecule has 0 spiro atoms. The van der Waals surface area contributed by atoms with E-state index in [1.54, 1.807) is 19.0 Å². The van der Waals surface area contributed by atoms with Crippen molar-refractivity contribution in [1.29, 1.82) is 0 Å². The Balaban J connectivity index is 1.70. The molecule has 0 aliphatic heterocycles. The van der Waals surface area contributed by atoms with E-state index in [4.69, 9.17) is 0 Å². The highest BCUT2D eigenvalue weighted by atomic mass is 16.2. The zero-order chi connectivity index (χ0) is 18.1. The lowest BCUT2D eigenvalue weighted by Gasteiger charge is -2.11. The van der Waals surface area contributed by atoms with E-state index in [0.717, 1.165) is 18.4 Å². The maximum Gasteiger partial charge on any atom is 0.319 e. The monoisotopic (exact) mass is 339 g/mol. The summed E-state index contributed by atoms with van der Waals surface area (Å²) in [5, 5.41) is 5.65. The molecule has 0 fully saturated rings. The smallest absolute Gasteiger partial charge is 0.319 e. The van der Waals surface area contributed by atoms with Crippen LogP contribution in [0.25, 0.3) is 0 Å². The second-order valence-corrected chi connectivity index (χ2v) is 6.13. The van der Waals surface area contributed by atoms with Crippen LogP contribution in [-0.4, -0.2) is 37.5 Å². The van der Waals surface area contributed by atoms with Crippen LogP contribution < -0.4 is 10.6 Å². The summed E-state index contributed by atoms with van der Waals surface area (Å²) in [5.74, 6) is 0.0527. The number of anilines is 1. The molecule has 0 unspecified atom stereocenters. The molecule has 2 aromatic rings. The zero-order valence-electron chi connectivity index (χ0n) is 14.8. The molecule has 0 atom stereocenters. The Hall–Kier alpha value is -2.82. The van der Waals surface area contributed by atoms with Crippen LogP contribution >= 0.6 is 0 Å². The first kappa shape index (κ1) is 18.5. The molecule has 25 heavy (non-hydrogen) atoms. The molecule has 5 nitrogen and oxygen atoms in total. The Labute approximate surface area is 149 Å². The van der Waals surface area contributed by atoms with Gasteiger partial charge < -0.3 is 15.5 Å². The normalized spacial score (nSPS) is 10.2. The summed E-state index contributed by atoms with van der Waals surface area (Å²) >= 11 is 0. The average molecular weight is 339 g/mol. The number of carbonyl (C=O) groups excluding carboxylic acids is 2. The van der Waals surface area contributed by atoms with E-state index in [2.05, 4.69) is 22.8 Å². The number of benzene rings is 2. The third-order valence-electron chi connectivity index (χ3n) is 3.84. The molecular weight excluding hydrogens is 314 g/mol. The van der Waals surface area contributed by atoms with Crippen LogP contribution in [0.3, 0.4) is 0 Å². The molecule has 5 heteroatoms. The number of hydrogen-bond acceptors (Lipinski definition) is 2. The quantitative estimate of drug-likeness (QED) is 0.762. The van der Waals surface area contributed by atoms with Crippen LogP contribution in [0.4, 0.5) is 10.5 Å². The maximum atomic E-state index is 11.9. The number of carbonyl (C=O) groups is 2. The summed E-state index contributed by atoms with van der Waals surface area (Å²) in [6, 6.07) is 17.3. The highest BCUT2D eigenvalue weighted by Crippen LogP contribution is 2.10. The fraction of sp³-hybridized carbons (Fsp3) is 0.300. The van der Waals surface area contributed by atoms with Crippen molar-refractivity contribution in [3.05, 3.63) is 65.7 Å². The van der Waals surface area contributed by atoms with Crippen LogP contribution in [0.2, 0.25) is 0 Å². The molecule has 0 saturated heterocycles. The number of likely N-dealkylation sites (N-methyl/N-ethyl adjacent to an activating group) is 1. The summed E-state index contributed by atoms with van der Waals surface area (Å²) in [4.78, 5) is 25.1. The molecule has 0 bridgehead atoms.